The Balaban J connectivity index is 1.90. The molecule has 0 heterocycles. The predicted molar refractivity (Wildman–Crippen MR) is 96.9 cm³/mol. The second-order valence-corrected chi connectivity index (χ2v) is 5.90. The van der Waals surface area contributed by atoms with E-state index in [9.17, 15) is 9.18 Å². The first-order valence-electron chi connectivity index (χ1n) is 7.34. The summed E-state index contributed by atoms with van der Waals surface area (Å²) in [7, 11) is 0. The molecule has 128 valence electrons. The molecule has 2 aromatic carbocycles. The Hall–Kier alpha value is -2.55. The first-order valence-corrected chi connectivity index (χ1v) is 8.09. The Kier molecular flexibility index (Phi) is 6.81. The van der Waals surface area contributed by atoms with E-state index in [0.717, 1.165) is 5.56 Å². The quantitative estimate of drug-likeness (QED) is 0.447. The van der Waals surface area contributed by atoms with Crippen LogP contribution in [0.15, 0.2) is 54.2 Å². The molecule has 0 fully saturated rings. The van der Waals surface area contributed by atoms with Crippen molar-refractivity contribution < 1.29 is 9.18 Å². The van der Waals surface area contributed by atoms with Gasteiger partial charge < -0.3 is 10.6 Å². The van der Waals surface area contributed by atoms with Crippen molar-refractivity contribution in [1.82, 2.24) is 5.32 Å². The molecule has 25 heavy (non-hydrogen) atoms. The van der Waals surface area contributed by atoms with Crippen molar-refractivity contribution in [2.24, 2.45) is 0 Å². The van der Waals surface area contributed by atoms with Gasteiger partial charge >= 0.3 is 0 Å². The third-order valence-corrected chi connectivity index (χ3v) is 4.00. The van der Waals surface area contributed by atoms with Crippen molar-refractivity contribution in [1.29, 1.82) is 5.26 Å². The number of carbonyl (C=O) groups excluding carboxylic acids is 1. The lowest BCUT2D eigenvalue weighted by molar-refractivity contribution is -0.112. The molecule has 0 atom stereocenters. The molecule has 0 aromatic heterocycles. The van der Waals surface area contributed by atoms with Crippen LogP contribution in [0.4, 0.5) is 10.1 Å². The van der Waals surface area contributed by atoms with Gasteiger partial charge in [-0.05, 0) is 42.3 Å². The highest BCUT2D eigenvalue weighted by Crippen LogP contribution is 2.25. The average Bonchev–Trinajstić information content (AvgIpc) is 2.59. The van der Waals surface area contributed by atoms with E-state index in [1.54, 1.807) is 24.3 Å². The fourth-order valence-corrected chi connectivity index (χ4v) is 2.26. The molecule has 7 heteroatoms. The summed E-state index contributed by atoms with van der Waals surface area (Å²) < 4.78 is 12.8. The number of carbonyl (C=O) groups is 1. The second kappa shape index (κ2) is 9.07. The van der Waals surface area contributed by atoms with Crippen LogP contribution in [-0.4, -0.2) is 12.5 Å². The van der Waals surface area contributed by atoms with Gasteiger partial charge in [-0.25, -0.2) is 4.39 Å². The number of halogens is 3. The van der Waals surface area contributed by atoms with Crippen molar-refractivity contribution >= 4 is 34.8 Å². The number of amides is 1. The third-order valence-electron chi connectivity index (χ3n) is 3.26. The molecule has 0 aliphatic rings. The van der Waals surface area contributed by atoms with Crippen LogP contribution >= 0.6 is 23.2 Å². The van der Waals surface area contributed by atoms with Gasteiger partial charge in [-0.2, -0.15) is 5.26 Å². The van der Waals surface area contributed by atoms with Gasteiger partial charge in [0.15, 0.2) is 0 Å². The Morgan fingerprint density at radius 3 is 2.52 bits per heavy atom. The highest BCUT2D eigenvalue weighted by Gasteiger charge is 2.10. The molecule has 0 aliphatic carbocycles. The maximum Gasteiger partial charge on any atom is 0.267 e. The summed E-state index contributed by atoms with van der Waals surface area (Å²) in [5.41, 5.74) is 1.30. The van der Waals surface area contributed by atoms with Gasteiger partial charge in [-0.15, -0.1) is 0 Å². The molecular formula is C18H14Cl2FN3O. The fraction of sp³-hybridized carbons (Fsp3) is 0.111. The molecule has 4 nitrogen and oxygen atoms in total. The van der Waals surface area contributed by atoms with E-state index in [1.807, 2.05) is 6.07 Å². The largest absolute Gasteiger partial charge is 0.389 e. The Morgan fingerprint density at radius 2 is 1.88 bits per heavy atom. The van der Waals surface area contributed by atoms with Crippen molar-refractivity contribution in [3.8, 4) is 6.07 Å². The maximum absolute atomic E-state index is 12.8. The third kappa shape index (κ3) is 5.79. The van der Waals surface area contributed by atoms with Crippen molar-refractivity contribution in [3.05, 3.63) is 75.7 Å². The highest BCUT2D eigenvalue weighted by atomic mass is 35.5. The van der Waals surface area contributed by atoms with Gasteiger partial charge in [0.2, 0.25) is 0 Å². The highest BCUT2D eigenvalue weighted by molar-refractivity contribution is 6.42. The number of rotatable bonds is 6. The van der Waals surface area contributed by atoms with Crippen molar-refractivity contribution in [3.63, 3.8) is 0 Å². The van der Waals surface area contributed by atoms with Crippen LogP contribution in [0.1, 0.15) is 5.56 Å². The predicted octanol–water partition coefficient (Wildman–Crippen LogP) is 4.31. The number of benzene rings is 2. The Labute approximate surface area is 154 Å². The topological polar surface area (TPSA) is 64.9 Å². The molecule has 0 spiro atoms. The molecule has 0 saturated heterocycles. The number of anilines is 1. The molecular weight excluding hydrogens is 364 g/mol. The molecule has 0 radical (unpaired) electrons. The van der Waals surface area contributed by atoms with E-state index in [4.69, 9.17) is 28.5 Å². The number of nitrogens with zero attached hydrogens (tertiary/aromatic N) is 1. The van der Waals surface area contributed by atoms with E-state index in [1.165, 1.54) is 24.4 Å². The lowest BCUT2D eigenvalue weighted by Gasteiger charge is -2.06. The van der Waals surface area contributed by atoms with E-state index < -0.39 is 5.91 Å². The van der Waals surface area contributed by atoms with Crippen LogP contribution in [0, 0.1) is 17.1 Å². The van der Waals surface area contributed by atoms with E-state index in [-0.39, 0.29) is 11.4 Å². The molecule has 2 aromatic rings. The smallest absolute Gasteiger partial charge is 0.267 e. The van der Waals surface area contributed by atoms with Gasteiger partial charge in [0.05, 0.1) is 10.0 Å². The van der Waals surface area contributed by atoms with Crippen LogP contribution in [0.5, 0.6) is 0 Å². The molecule has 0 saturated carbocycles. The van der Waals surface area contributed by atoms with Gasteiger partial charge in [0, 0.05) is 18.4 Å². The van der Waals surface area contributed by atoms with Crippen LogP contribution in [-0.2, 0) is 11.2 Å². The lowest BCUT2D eigenvalue weighted by atomic mass is 10.1. The molecule has 2 N–H and O–H groups in total. The standard InChI is InChI=1S/C18H14Cl2FN3O/c19-16-6-5-15(9-17(16)20)24-18(25)13(10-22)11-23-8-7-12-1-3-14(21)4-2-12/h1-6,9,11,23H,7-8H2,(H,24,25)/b13-11-. The Morgan fingerprint density at radius 1 is 1.16 bits per heavy atom. The lowest BCUT2D eigenvalue weighted by Crippen LogP contribution is -2.18. The second-order valence-electron chi connectivity index (χ2n) is 5.08. The van der Waals surface area contributed by atoms with E-state index in [2.05, 4.69) is 10.6 Å². The first-order chi connectivity index (χ1) is 12.0. The summed E-state index contributed by atoms with van der Waals surface area (Å²) in [6.07, 6.45) is 1.97. The van der Waals surface area contributed by atoms with E-state index >= 15 is 0 Å². The number of nitrogens with one attached hydrogen (secondary N) is 2. The van der Waals surface area contributed by atoms with Gasteiger partial charge in [0.1, 0.15) is 17.5 Å². The summed E-state index contributed by atoms with van der Waals surface area (Å²) in [6.45, 7) is 0.497. The zero-order valence-corrected chi connectivity index (χ0v) is 14.5. The SMILES string of the molecule is N#C/C(=C/NCCc1ccc(F)cc1)C(=O)Nc1ccc(Cl)c(Cl)c1. The van der Waals surface area contributed by atoms with Gasteiger partial charge in [0.25, 0.3) is 5.91 Å². The van der Waals surface area contributed by atoms with Gasteiger partial charge in [-0.1, -0.05) is 35.3 Å². The molecule has 0 bridgehead atoms. The van der Waals surface area contributed by atoms with Crippen LogP contribution in [0.3, 0.4) is 0 Å². The molecule has 0 unspecified atom stereocenters. The number of nitriles is 1. The molecule has 0 aliphatic heterocycles. The van der Waals surface area contributed by atoms with Crippen molar-refractivity contribution in [2.75, 3.05) is 11.9 Å². The average molecular weight is 378 g/mol. The Bertz CT molecular complexity index is 829. The molecule has 2 rings (SSSR count). The minimum atomic E-state index is -0.560. The zero-order valence-electron chi connectivity index (χ0n) is 13.0. The van der Waals surface area contributed by atoms with Gasteiger partial charge in [-0.3, -0.25) is 4.79 Å². The number of hydrogen-bond acceptors (Lipinski definition) is 3. The minimum absolute atomic E-state index is 0.0785. The summed E-state index contributed by atoms with van der Waals surface area (Å²) in [4.78, 5) is 12.1. The summed E-state index contributed by atoms with van der Waals surface area (Å²) >= 11 is 11.7. The number of hydrogen-bond donors (Lipinski definition) is 2. The summed E-state index contributed by atoms with van der Waals surface area (Å²) in [5, 5.41) is 15.3. The normalized spacial score (nSPS) is 10.9. The van der Waals surface area contributed by atoms with E-state index in [0.29, 0.717) is 28.7 Å². The summed E-state index contributed by atoms with van der Waals surface area (Å²) in [5.74, 6) is -0.850. The van der Waals surface area contributed by atoms with Crippen LogP contribution in [0.25, 0.3) is 0 Å². The maximum atomic E-state index is 12.8. The van der Waals surface area contributed by atoms with Crippen LogP contribution in [0.2, 0.25) is 10.0 Å². The zero-order chi connectivity index (χ0) is 18.2. The van der Waals surface area contributed by atoms with Crippen LogP contribution < -0.4 is 10.6 Å². The minimum Gasteiger partial charge on any atom is -0.389 e. The van der Waals surface area contributed by atoms with Crippen molar-refractivity contribution in [2.45, 2.75) is 6.42 Å². The summed E-state index contributed by atoms with van der Waals surface area (Å²) in [6, 6.07) is 12.6. The monoisotopic (exact) mass is 377 g/mol. The molecule has 1 amide bonds. The fourth-order valence-electron chi connectivity index (χ4n) is 1.96. The first kappa shape index (κ1) is 18.8.